The Kier molecular flexibility index (Phi) is 2.36. The Bertz CT molecular complexity index is 595. The summed E-state index contributed by atoms with van der Waals surface area (Å²) in [5.41, 5.74) is 6.30. The van der Waals surface area contributed by atoms with Gasteiger partial charge >= 0.3 is 0 Å². The summed E-state index contributed by atoms with van der Waals surface area (Å²) in [7, 11) is 0. The molecule has 1 atom stereocenters. The van der Waals surface area contributed by atoms with E-state index in [-0.39, 0.29) is 23.7 Å². The van der Waals surface area contributed by atoms with Crippen molar-refractivity contribution in [2.75, 3.05) is 12.3 Å². The molecule has 1 aliphatic rings. The molecule has 1 aromatic carbocycles. The van der Waals surface area contributed by atoms with Gasteiger partial charge in [0.05, 0.1) is 6.04 Å². The minimum atomic E-state index is -0.357. The average molecular weight is 245 g/mol. The van der Waals surface area contributed by atoms with Gasteiger partial charge in [0.25, 0.3) is 5.91 Å². The summed E-state index contributed by atoms with van der Waals surface area (Å²) in [6.07, 6.45) is 0. The Labute approximate surface area is 102 Å². The number of nitrogens with two attached hydrogens (primary N) is 1. The molecule has 1 amide bonds. The molecule has 7 heteroatoms. The predicted molar refractivity (Wildman–Crippen MR) is 62.9 cm³/mol. The summed E-state index contributed by atoms with van der Waals surface area (Å²) >= 11 is 0. The van der Waals surface area contributed by atoms with Crippen LogP contribution < -0.4 is 15.8 Å². The Balaban J connectivity index is 1.77. The zero-order chi connectivity index (χ0) is 12.5. The lowest BCUT2D eigenvalue weighted by molar-refractivity contribution is 0.0920. The van der Waals surface area contributed by atoms with Crippen molar-refractivity contribution in [1.82, 2.24) is 20.5 Å². The minimum absolute atomic E-state index is 0.0447. The van der Waals surface area contributed by atoms with Crippen LogP contribution in [0.2, 0.25) is 0 Å². The number of hydrogen-bond donors (Lipinski definition) is 3. The third-order valence-corrected chi connectivity index (χ3v) is 2.72. The molecule has 3 rings (SSSR count). The molecule has 0 spiro atoms. The largest absolute Gasteiger partial charge is 0.491 e. The fourth-order valence-electron chi connectivity index (χ4n) is 1.89. The van der Waals surface area contributed by atoms with E-state index >= 15 is 0 Å². The number of H-pyrrole nitrogens is 1. The number of aromatic amines is 1. The molecule has 0 bridgehead atoms. The van der Waals surface area contributed by atoms with Crippen LogP contribution in [0.15, 0.2) is 24.3 Å². The lowest BCUT2D eigenvalue weighted by Gasteiger charge is -2.09. The molecule has 92 valence electrons. The predicted octanol–water partition coefficient (Wildman–Crippen LogP) is 0.250. The molecule has 7 nitrogen and oxygen atoms in total. The summed E-state index contributed by atoms with van der Waals surface area (Å²) in [6.45, 7) is 0.411. The van der Waals surface area contributed by atoms with Gasteiger partial charge in [-0.3, -0.25) is 9.89 Å². The molecule has 1 aliphatic heterocycles. The van der Waals surface area contributed by atoms with Gasteiger partial charge in [0.1, 0.15) is 12.4 Å². The Morgan fingerprint density at radius 3 is 3.11 bits per heavy atom. The molecule has 18 heavy (non-hydrogen) atoms. The fourth-order valence-corrected chi connectivity index (χ4v) is 1.89. The molecular weight excluding hydrogens is 234 g/mol. The molecule has 1 aromatic heterocycles. The Morgan fingerprint density at radius 1 is 1.50 bits per heavy atom. The number of hydrogen-bond acceptors (Lipinski definition) is 5. The van der Waals surface area contributed by atoms with E-state index in [1.807, 2.05) is 24.3 Å². The Morgan fingerprint density at radius 2 is 2.33 bits per heavy atom. The fraction of sp³-hybridized carbons (Fsp3) is 0.182. The monoisotopic (exact) mass is 245 g/mol. The van der Waals surface area contributed by atoms with Crippen molar-refractivity contribution in [1.29, 1.82) is 0 Å². The summed E-state index contributed by atoms with van der Waals surface area (Å²) < 4.78 is 5.47. The maximum absolute atomic E-state index is 11.9. The van der Waals surface area contributed by atoms with Gasteiger partial charge in [0.2, 0.25) is 11.8 Å². The van der Waals surface area contributed by atoms with Crippen molar-refractivity contribution in [2.24, 2.45) is 0 Å². The number of carbonyl (C=O) groups excluding carboxylic acids is 1. The van der Waals surface area contributed by atoms with Crippen molar-refractivity contribution in [2.45, 2.75) is 6.04 Å². The normalized spacial score (nSPS) is 17.0. The van der Waals surface area contributed by atoms with Gasteiger partial charge in [-0.05, 0) is 6.07 Å². The summed E-state index contributed by atoms with van der Waals surface area (Å²) in [5, 5.41) is 8.88. The van der Waals surface area contributed by atoms with Crippen molar-refractivity contribution in [3.8, 4) is 5.75 Å². The average Bonchev–Trinajstić information content (AvgIpc) is 2.97. The third kappa shape index (κ3) is 1.75. The second-order valence-electron chi connectivity index (χ2n) is 3.92. The van der Waals surface area contributed by atoms with Gasteiger partial charge in [0, 0.05) is 5.56 Å². The standard InChI is InChI=1S/C11H11N5O2/c12-11-14-9(15-16-11)10(17)13-7-5-18-8-4-2-1-3-6(7)8/h1-4,7H,5H2,(H,13,17)(H3,12,14,15,16). The molecule has 0 saturated heterocycles. The molecular formula is C11H11N5O2. The van der Waals surface area contributed by atoms with E-state index in [4.69, 9.17) is 10.5 Å². The second-order valence-corrected chi connectivity index (χ2v) is 3.92. The number of nitrogen functional groups attached to an aromatic ring is 1. The maximum Gasteiger partial charge on any atom is 0.289 e. The first-order valence-electron chi connectivity index (χ1n) is 5.44. The van der Waals surface area contributed by atoms with Gasteiger partial charge in [-0.25, -0.2) is 0 Å². The number of fused-ring (bicyclic) bond motifs is 1. The van der Waals surface area contributed by atoms with E-state index in [9.17, 15) is 4.79 Å². The number of benzene rings is 1. The topological polar surface area (TPSA) is 106 Å². The number of aromatic nitrogens is 3. The number of amides is 1. The van der Waals surface area contributed by atoms with Crippen molar-refractivity contribution in [3.05, 3.63) is 35.7 Å². The molecule has 2 heterocycles. The van der Waals surface area contributed by atoms with Gasteiger partial charge < -0.3 is 15.8 Å². The van der Waals surface area contributed by atoms with Crippen LogP contribution in [0.4, 0.5) is 5.95 Å². The van der Waals surface area contributed by atoms with Crippen molar-refractivity contribution < 1.29 is 9.53 Å². The molecule has 0 fully saturated rings. The van der Waals surface area contributed by atoms with E-state index in [1.54, 1.807) is 0 Å². The van der Waals surface area contributed by atoms with Crippen LogP contribution >= 0.6 is 0 Å². The van der Waals surface area contributed by atoms with E-state index in [2.05, 4.69) is 20.5 Å². The first kappa shape index (κ1) is 10.6. The van der Waals surface area contributed by atoms with Crippen LogP contribution in [0.3, 0.4) is 0 Å². The van der Waals surface area contributed by atoms with Crippen LogP contribution in [-0.2, 0) is 0 Å². The van der Waals surface area contributed by atoms with Crippen LogP contribution in [0, 0.1) is 0 Å². The van der Waals surface area contributed by atoms with Crippen LogP contribution in [0.1, 0.15) is 22.2 Å². The first-order chi connectivity index (χ1) is 8.74. The highest BCUT2D eigenvalue weighted by molar-refractivity contribution is 5.91. The molecule has 0 saturated carbocycles. The van der Waals surface area contributed by atoms with Crippen LogP contribution in [-0.4, -0.2) is 27.7 Å². The summed E-state index contributed by atoms with van der Waals surface area (Å²) in [4.78, 5) is 15.6. The highest BCUT2D eigenvalue weighted by Gasteiger charge is 2.26. The smallest absolute Gasteiger partial charge is 0.289 e. The number of anilines is 1. The zero-order valence-electron chi connectivity index (χ0n) is 9.38. The molecule has 2 aromatic rings. The number of carbonyl (C=O) groups is 1. The first-order valence-corrected chi connectivity index (χ1v) is 5.44. The summed E-state index contributed by atoms with van der Waals surface area (Å²) in [5.74, 6) is 0.574. The number of rotatable bonds is 2. The highest BCUT2D eigenvalue weighted by atomic mass is 16.5. The van der Waals surface area contributed by atoms with Crippen molar-refractivity contribution in [3.63, 3.8) is 0 Å². The SMILES string of the molecule is Nc1n[nH]c(C(=O)NC2COc3ccccc32)n1. The van der Waals surface area contributed by atoms with Crippen LogP contribution in [0.25, 0.3) is 0 Å². The number of ether oxygens (including phenoxy) is 1. The molecule has 4 N–H and O–H groups in total. The highest BCUT2D eigenvalue weighted by Crippen LogP contribution is 2.31. The van der Waals surface area contributed by atoms with E-state index in [0.29, 0.717) is 6.61 Å². The quantitative estimate of drug-likeness (QED) is 0.703. The third-order valence-electron chi connectivity index (χ3n) is 2.72. The van der Waals surface area contributed by atoms with Gasteiger partial charge in [-0.2, -0.15) is 4.98 Å². The summed E-state index contributed by atoms with van der Waals surface area (Å²) in [6, 6.07) is 7.40. The molecule has 1 unspecified atom stereocenters. The molecule has 0 aliphatic carbocycles. The molecule has 0 radical (unpaired) electrons. The lowest BCUT2D eigenvalue weighted by atomic mass is 10.1. The minimum Gasteiger partial charge on any atom is -0.491 e. The number of para-hydroxylation sites is 1. The van der Waals surface area contributed by atoms with E-state index in [1.165, 1.54) is 0 Å². The van der Waals surface area contributed by atoms with Crippen molar-refractivity contribution >= 4 is 11.9 Å². The van der Waals surface area contributed by atoms with Gasteiger partial charge in [0.15, 0.2) is 0 Å². The van der Waals surface area contributed by atoms with E-state index < -0.39 is 0 Å². The van der Waals surface area contributed by atoms with Crippen LogP contribution in [0.5, 0.6) is 5.75 Å². The Hall–Kier alpha value is -2.57. The van der Waals surface area contributed by atoms with Gasteiger partial charge in [-0.15, -0.1) is 5.10 Å². The lowest BCUT2D eigenvalue weighted by Crippen LogP contribution is -2.30. The zero-order valence-corrected chi connectivity index (χ0v) is 9.38. The number of nitrogens with one attached hydrogen (secondary N) is 2. The van der Waals surface area contributed by atoms with Gasteiger partial charge in [-0.1, -0.05) is 18.2 Å². The number of nitrogens with zero attached hydrogens (tertiary/aromatic N) is 2. The van der Waals surface area contributed by atoms with E-state index in [0.717, 1.165) is 11.3 Å². The second kappa shape index (κ2) is 4.02. The maximum atomic E-state index is 11.9.